The van der Waals surface area contributed by atoms with Gasteiger partial charge in [-0.25, -0.2) is 4.98 Å². The van der Waals surface area contributed by atoms with Gasteiger partial charge in [0.25, 0.3) is 0 Å². The number of aryl methyl sites for hydroxylation is 1. The van der Waals surface area contributed by atoms with Gasteiger partial charge in [0.15, 0.2) is 0 Å². The second-order valence-electron chi connectivity index (χ2n) is 3.23. The lowest BCUT2D eigenvalue weighted by Crippen LogP contribution is -1.94. The highest BCUT2D eigenvalue weighted by molar-refractivity contribution is 9.10. The normalized spacial score (nSPS) is 10.1. The van der Waals surface area contributed by atoms with Gasteiger partial charge >= 0.3 is 0 Å². The summed E-state index contributed by atoms with van der Waals surface area (Å²) in [4.78, 5) is 8.08. The van der Waals surface area contributed by atoms with E-state index in [1.165, 1.54) is 0 Å². The van der Waals surface area contributed by atoms with E-state index in [2.05, 4.69) is 25.9 Å². The average molecular weight is 280 g/mol. The zero-order valence-corrected chi connectivity index (χ0v) is 10.2. The third-order valence-corrected chi connectivity index (χ3v) is 2.62. The molecule has 0 fully saturated rings. The fraction of sp³-hybridized carbons (Fsp3) is 0.0909. The number of nitrogen functional groups attached to an aromatic ring is 1. The highest BCUT2D eigenvalue weighted by atomic mass is 79.9. The maximum Gasteiger partial charge on any atom is 0.148 e. The summed E-state index contributed by atoms with van der Waals surface area (Å²) >= 11 is 3.35. The van der Waals surface area contributed by atoms with Crippen molar-refractivity contribution in [3.05, 3.63) is 40.8 Å². The molecule has 0 saturated heterocycles. The molecule has 0 saturated carbocycles. The first-order valence-corrected chi connectivity index (χ1v) is 5.46. The monoisotopic (exact) mass is 279 g/mol. The smallest absolute Gasteiger partial charge is 0.148 e. The van der Waals surface area contributed by atoms with Gasteiger partial charge in [-0.05, 0) is 35.0 Å². The van der Waals surface area contributed by atoms with E-state index in [4.69, 9.17) is 10.5 Å². The summed E-state index contributed by atoms with van der Waals surface area (Å²) < 4.78 is 6.45. The molecule has 4 nitrogen and oxygen atoms in total. The molecule has 16 heavy (non-hydrogen) atoms. The van der Waals surface area contributed by atoms with E-state index in [-0.39, 0.29) is 0 Å². The van der Waals surface area contributed by atoms with E-state index in [1.54, 1.807) is 18.5 Å². The van der Waals surface area contributed by atoms with E-state index >= 15 is 0 Å². The number of halogens is 1. The minimum absolute atomic E-state index is 0.416. The standard InChI is InChI=1S/C11H10BrN3O/c1-7-9(3-2-4-14-7)16-10-5-11(13)15-6-8(10)12/h2-6H,1H3,(H2,13,15). The van der Waals surface area contributed by atoms with Crippen LogP contribution in [0.1, 0.15) is 5.69 Å². The molecular weight excluding hydrogens is 270 g/mol. The first kappa shape index (κ1) is 10.9. The van der Waals surface area contributed by atoms with Crippen LogP contribution in [0.4, 0.5) is 5.82 Å². The number of anilines is 1. The summed E-state index contributed by atoms with van der Waals surface area (Å²) in [6.45, 7) is 1.88. The zero-order chi connectivity index (χ0) is 11.5. The Labute approximate surface area is 102 Å². The maximum atomic E-state index is 5.69. The van der Waals surface area contributed by atoms with Crippen LogP contribution < -0.4 is 10.5 Å². The van der Waals surface area contributed by atoms with E-state index in [1.807, 2.05) is 19.1 Å². The van der Waals surface area contributed by atoms with Gasteiger partial charge in [-0.2, -0.15) is 0 Å². The SMILES string of the molecule is Cc1ncccc1Oc1cc(N)ncc1Br. The lowest BCUT2D eigenvalue weighted by molar-refractivity contribution is 0.472. The second-order valence-corrected chi connectivity index (χ2v) is 4.08. The Balaban J connectivity index is 2.34. The van der Waals surface area contributed by atoms with Crippen molar-refractivity contribution in [1.29, 1.82) is 0 Å². The van der Waals surface area contributed by atoms with Crippen LogP contribution in [0, 0.1) is 6.92 Å². The van der Waals surface area contributed by atoms with Crippen LogP contribution in [0.3, 0.4) is 0 Å². The molecular formula is C11H10BrN3O. The molecule has 0 spiro atoms. The highest BCUT2D eigenvalue weighted by Crippen LogP contribution is 2.30. The first-order valence-electron chi connectivity index (χ1n) is 4.67. The molecule has 0 aromatic carbocycles. The molecule has 5 heteroatoms. The van der Waals surface area contributed by atoms with Gasteiger partial charge in [0.2, 0.25) is 0 Å². The minimum Gasteiger partial charge on any atom is -0.454 e. The number of hydrogen-bond donors (Lipinski definition) is 1. The number of aromatic nitrogens is 2. The maximum absolute atomic E-state index is 5.69. The fourth-order valence-electron chi connectivity index (χ4n) is 1.21. The molecule has 2 aromatic heterocycles. The van der Waals surface area contributed by atoms with Crippen molar-refractivity contribution < 1.29 is 4.74 Å². The van der Waals surface area contributed by atoms with Gasteiger partial charge in [0, 0.05) is 18.5 Å². The van der Waals surface area contributed by atoms with E-state index in [0.717, 1.165) is 10.2 Å². The Morgan fingerprint density at radius 3 is 2.88 bits per heavy atom. The average Bonchev–Trinajstić information content (AvgIpc) is 2.27. The molecule has 2 rings (SSSR count). The summed E-state index contributed by atoms with van der Waals surface area (Å²) in [6, 6.07) is 5.34. The molecule has 0 aliphatic carbocycles. The number of rotatable bonds is 2. The Bertz CT molecular complexity index is 516. The number of pyridine rings is 2. The van der Waals surface area contributed by atoms with Gasteiger partial charge in [-0.3, -0.25) is 4.98 Å². The van der Waals surface area contributed by atoms with E-state index in [0.29, 0.717) is 17.3 Å². The van der Waals surface area contributed by atoms with Crippen molar-refractivity contribution in [1.82, 2.24) is 9.97 Å². The Kier molecular flexibility index (Phi) is 3.05. The summed E-state index contributed by atoms with van der Waals surface area (Å²) in [5, 5.41) is 0. The molecule has 0 amide bonds. The number of hydrogen-bond acceptors (Lipinski definition) is 4. The van der Waals surface area contributed by atoms with Crippen LogP contribution in [-0.4, -0.2) is 9.97 Å². The number of nitrogens with zero attached hydrogens (tertiary/aromatic N) is 2. The molecule has 2 heterocycles. The lowest BCUT2D eigenvalue weighted by Gasteiger charge is -2.09. The molecule has 0 bridgehead atoms. The van der Waals surface area contributed by atoms with Crippen LogP contribution in [0.25, 0.3) is 0 Å². The van der Waals surface area contributed by atoms with Crippen molar-refractivity contribution in [2.75, 3.05) is 5.73 Å². The summed E-state index contributed by atoms with van der Waals surface area (Å²) in [7, 11) is 0. The van der Waals surface area contributed by atoms with Gasteiger partial charge in [-0.1, -0.05) is 0 Å². The molecule has 0 aliphatic heterocycles. The van der Waals surface area contributed by atoms with Crippen LogP contribution in [0.2, 0.25) is 0 Å². The van der Waals surface area contributed by atoms with Crippen LogP contribution in [0.15, 0.2) is 35.1 Å². The fourth-order valence-corrected chi connectivity index (χ4v) is 1.51. The Hall–Kier alpha value is -1.62. The Morgan fingerprint density at radius 2 is 2.12 bits per heavy atom. The largest absolute Gasteiger partial charge is 0.454 e. The lowest BCUT2D eigenvalue weighted by atomic mass is 10.3. The zero-order valence-electron chi connectivity index (χ0n) is 8.64. The van der Waals surface area contributed by atoms with Crippen LogP contribution in [-0.2, 0) is 0 Å². The highest BCUT2D eigenvalue weighted by Gasteiger charge is 2.06. The van der Waals surface area contributed by atoms with Crippen molar-refractivity contribution >= 4 is 21.7 Å². The molecule has 82 valence electrons. The molecule has 0 atom stereocenters. The minimum atomic E-state index is 0.416. The quantitative estimate of drug-likeness (QED) is 0.918. The molecule has 0 radical (unpaired) electrons. The molecule has 2 aromatic rings. The first-order chi connectivity index (χ1) is 7.66. The van der Waals surface area contributed by atoms with Crippen molar-refractivity contribution in [2.24, 2.45) is 0 Å². The number of ether oxygens (including phenoxy) is 1. The van der Waals surface area contributed by atoms with Gasteiger partial charge in [-0.15, -0.1) is 0 Å². The predicted molar refractivity (Wildman–Crippen MR) is 65.4 cm³/mol. The van der Waals surface area contributed by atoms with Gasteiger partial charge < -0.3 is 10.5 Å². The van der Waals surface area contributed by atoms with Crippen molar-refractivity contribution in [2.45, 2.75) is 6.92 Å². The predicted octanol–water partition coefficient (Wildman–Crippen LogP) is 2.92. The molecule has 2 N–H and O–H groups in total. The number of nitrogens with two attached hydrogens (primary N) is 1. The third-order valence-electron chi connectivity index (χ3n) is 2.02. The van der Waals surface area contributed by atoms with Gasteiger partial charge in [0.1, 0.15) is 17.3 Å². The van der Waals surface area contributed by atoms with E-state index in [9.17, 15) is 0 Å². The summed E-state index contributed by atoms with van der Waals surface area (Å²) in [5.41, 5.74) is 6.42. The van der Waals surface area contributed by atoms with Crippen LogP contribution in [0.5, 0.6) is 11.5 Å². The molecule has 0 unspecified atom stereocenters. The van der Waals surface area contributed by atoms with E-state index < -0.39 is 0 Å². The third kappa shape index (κ3) is 2.30. The summed E-state index contributed by atoms with van der Waals surface area (Å²) in [6.07, 6.45) is 3.33. The molecule has 0 aliphatic rings. The second kappa shape index (κ2) is 4.49. The van der Waals surface area contributed by atoms with Crippen molar-refractivity contribution in [3.63, 3.8) is 0 Å². The summed E-state index contributed by atoms with van der Waals surface area (Å²) in [5.74, 6) is 1.75. The Morgan fingerprint density at radius 1 is 1.31 bits per heavy atom. The van der Waals surface area contributed by atoms with Crippen LogP contribution >= 0.6 is 15.9 Å². The van der Waals surface area contributed by atoms with Gasteiger partial charge in [0.05, 0.1) is 10.2 Å². The topological polar surface area (TPSA) is 61.0 Å². The van der Waals surface area contributed by atoms with Crippen molar-refractivity contribution in [3.8, 4) is 11.5 Å².